The number of nitrogens with zero attached hydrogens (tertiary/aromatic N) is 4. The van der Waals surface area contributed by atoms with Crippen LogP contribution in [0, 0.1) is 0 Å². The fourth-order valence-corrected chi connectivity index (χ4v) is 2.90. The van der Waals surface area contributed by atoms with Crippen molar-refractivity contribution in [1.29, 1.82) is 0 Å². The maximum Gasteiger partial charge on any atom is 0.229 e. The van der Waals surface area contributed by atoms with Crippen molar-refractivity contribution in [2.45, 2.75) is 33.6 Å². The summed E-state index contributed by atoms with van der Waals surface area (Å²) in [6.07, 6.45) is 3.84. The van der Waals surface area contributed by atoms with Crippen molar-refractivity contribution in [3.05, 3.63) is 48.3 Å². The molecule has 0 spiro atoms. The molecule has 0 bridgehead atoms. The molecule has 0 atom stereocenters. The first-order valence-corrected chi connectivity index (χ1v) is 8.98. The van der Waals surface area contributed by atoms with E-state index in [0.717, 1.165) is 54.0 Å². The lowest BCUT2D eigenvalue weighted by Gasteiger charge is -2.21. The quantitative estimate of drug-likeness (QED) is 0.685. The molecule has 2 aromatic heterocycles. The third-order valence-electron chi connectivity index (χ3n) is 4.21. The van der Waals surface area contributed by atoms with Gasteiger partial charge in [0.15, 0.2) is 0 Å². The topological polar surface area (TPSA) is 53.9 Å². The number of nitrogens with one attached hydrogen (secondary N) is 1. The molecule has 3 aromatic rings. The second-order valence-corrected chi connectivity index (χ2v) is 6.01. The molecule has 0 saturated heterocycles. The Morgan fingerprint density at radius 1 is 1.00 bits per heavy atom. The fourth-order valence-electron chi connectivity index (χ4n) is 2.90. The maximum absolute atomic E-state index is 4.71. The van der Waals surface area contributed by atoms with Crippen LogP contribution in [0.1, 0.15) is 32.9 Å². The highest BCUT2D eigenvalue weighted by Gasteiger charge is 2.10. The van der Waals surface area contributed by atoms with Crippen molar-refractivity contribution in [3.8, 4) is 0 Å². The van der Waals surface area contributed by atoms with Crippen LogP contribution in [0.2, 0.25) is 0 Å². The molecule has 130 valence electrons. The number of benzene rings is 1. The van der Waals surface area contributed by atoms with Gasteiger partial charge in [-0.3, -0.25) is 4.98 Å². The molecule has 0 radical (unpaired) electrons. The molecule has 0 aliphatic rings. The molecule has 5 nitrogen and oxygen atoms in total. The standard InChI is InChI=1S/C20H25N5/c1-4-9-16-13-19(25(5-2)6-3)24-20(22-16)23-17-12-15-10-7-8-11-18(15)21-14-17/h7-8,10-14H,4-6,9H2,1-3H3,(H,22,23,24). The number of fused-ring (bicyclic) bond motifs is 1. The average Bonchev–Trinajstić information content (AvgIpc) is 2.63. The Hall–Kier alpha value is -2.69. The molecular weight excluding hydrogens is 310 g/mol. The highest BCUT2D eigenvalue weighted by Crippen LogP contribution is 2.21. The normalized spacial score (nSPS) is 10.8. The molecule has 1 N–H and O–H groups in total. The Morgan fingerprint density at radius 3 is 2.56 bits per heavy atom. The van der Waals surface area contributed by atoms with E-state index in [9.17, 15) is 0 Å². The van der Waals surface area contributed by atoms with Gasteiger partial charge in [-0.1, -0.05) is 31.5 Å². The maximum atomic E-state index is 4.71. The molecule has 2 heterocycles. The van der Waals surface area contributed by atoms with Crippen molar-refractivity contribution >= 4 is 28.4 Å². The van der Waals surface area contributed by atoms with E-state index >= 15 is 0 Å². The van der Waals surface area contributed by atoms with Gasteiger partial charge in [0.2, 0.25) is 5.95 Å². The van der Waals surface area contributed by atoms with E-state index < -0.39 is 0 Å². The van der Waals surface area contributed by atoms with E-state index in [0.29, 0.717) is 5.95 Å². The first-order valence-electron chi connectivity index (χ1n) is 8.98. The number of anilines is 3. The first-order chi connectivity index (χ1) is 12.2. The summed E-state index contributed by atoms with van der Waals surface area (Å²) in [6, 6.07) is 12.3. The minimum Gasteiger partial charge on any atom is -0.357 e. The summed E-state index contributed by atoms with van der Waals surface area (Å²) in [7, 11) is 0. The van der Waals surface area contributed by atoms with Gasteiger partial charge in [0.05, 0.1) is 17.4 Å². The molecule has 0 amide bonds. The van der Waals surface area contributed by atoms with E-state index in [1.807, 2.05) is 24.4 Å². The minimum atomic E-state index is 0.630. The predicted octanol–water partition coefficient (Wildman–Crippen LogP) is 4.57. The van der Waals surface area contributed by atoms with Crippen molar-refractivity contribution in [3.63, 3.8) is 0 Å². The third-order valence-corrected chi connectivity index (χ3v) is 4.21. The molecule has 3 rings (SSSR count). The van der Waals surface area contributed by atoms with Crippen molar-refractivity contribution in [1.82, 2.24) is 15.0 Å². The summed E-state index contributed by atoms with van der Waals surface area (Å²) in [5.74, 6) is 1.60. The number of hydrogen-bond acceptors (Lipinski definition) is 5. The molecule has 25 heavy (non-hydrogen) atoms. The number of rotatable bonds is 7. The number of hydrogen-bond donors (Lipinski definition) is 1. The summed E-state index contributed by atoms with van der Waals surface area (Å²) >= 11 is 0. The predicted molar refractivity (Wildman–Crippen MR) is 105 cm³/mol. The van der Waals surface area contributed by atoms with Crippen LogP contribution in [0.3, 0.4) is 0 Å². The van der Waals surface area contributed by atoms with E-state index in [2.05, 4.69) is 59.2 Å². The van der Waals surface area contributed by atoms with Gasteiger partial charge in [-0.15, -0.1) is 0 Å². The second-order valence-electron chi connectivity index (χ2n) is 6.01. The summed E-state index contributed by atoms with van der Waals surface area (Å²) in [6.45, 7) is 8.31. The second kappa shape index (κ2) is 7.92. The SMILES string of the molecule is CCCc1cc(N(CC)CC)nc(Nc2cnc3ccccc3c2)n1. The zero-order valence-corrected chi connectivity index (χ0v) is 15.2. The van der Waals surface area contributed by atoms with Crippen LogP contribution >= 0.6 is 0 Å². The van der Waals surface area contributed by atoms with Crippen molar-refractivity contribution in [2.24, 2.45) is 0 Å². The van der Waals surface area contributed by atoms with Gasteiger partial charge in [0.25, 0.3) is 0 Å². The Labute approximate surface area is 149 Å². The number of aromatic nitrogens is 3. The van der Waals surface area contributed by atoms with Crippen LogP contribution in [0.5, 0.6) is 0 Å². The van der Waals surface area contributed by atoms with E-state index in [4.69, 9.17) is 4.98 Å². The lowest BCUT2D eigenvalue weighted by molar-refractivity contribution is 0.824. The van der Waals surface area contributed by atoms with Gasteiger partial charge in [0, 0.05) is 30.2 Å². The van der Waals surface area contributed by atoms with Gasteiger partial charge in [-0.2, -0.15) is 4.98 Å². The Balaban J connectivity index is 1.93. The highest BCUT2D eigenvalue weighted by atomic mass is 15.2. The van der Waals surface area contributed by atoms with Gasteiger partial charge < -0.3 is 10.2 Å². The zero-order valence-electron chi connectivity index (χ0n) is 15.2. The van der Waals surface area contributed by atoms with Gasteiger partial charge in [-0.25, -0.2) is 4.98 Å². The highest BCUT2D eigenvalue weighted by molar-refractivity contribution is 5.82. The first kappa shape index (κ1) is 17.1. The zero-order chi connectivity index (χ0) is 17.6. The molecular formula is C20H25N5. The van der Waals surface area contributed by atoms with Crippen LogP contribution in [-0.2, 0) is 6.42 Å². The molecule has 0 aliphatic heterocycles. The Bertz CT molecular complexity index is 842. The third kappa shape index (κ3) is 4.05. The summed E-state index contributed by atoms with van der Waals surface area (Å²) in [5.41, 5.74) is 2.95. The number of aryl methyl sites for hydroxylation is 1. The van der Waals surface area contributed by atoms with Crippen LogP contribution in [0.4, 0.5) is 17.5 Å². The molecule has 5 heteroatoms. The van der Waals surface area contributed by atoms with Gasteiger partial charge in [-0.05, 0) is 32.4 Å². The molecule has 0 fully saturated rings. The average molecular weight is 335 g/mol. The van der Waals surface area contributed by atoms with E-state index in [-0.39, 0.29) is 0 Å². The van der Waals surface area contributed by atoms with E-state index in [1.165, 1.54) is 0 Å². The van der Waals surface area contributed by atoms with Crippen LogP contribution in [-0.4, -0.2) is 28.0 Å². The summed E-state index contributed by atoms with van der Waals surface area (Å²) < 4.78 is 0. The lowest BCUT2D eigenvalue weighted by Crippen LogP contribution is -2.23. The summed E-state index contributed by atoms with van der Waals surface area (Å²) in [4.78, 5) is 16.1. The van der Waals surface area contributed by atoms with Crippen LogP contribution in [0.25, 0.3) is 10.9 Å². The largest absolute Gasteiger partial charge is 0.357 e. The van der Waals surface area contributed by atoms with Crippen LogP contribution in [0.15, 0.2) is 42.6 Å². The Morgan fingerprint density at radius 2 is 1.80 bits per heavy atom. The molecule has 0 saturated carbocycles. The Kier molecular flexibility index (Phi) is 5.43. The monoisotopic (exact) mass is 335 g/mol. The molecule has 1 aromatic carbocycles. The number of pyridine rings is 1. The fraction of sp³-hybridized carbons (Fsp3) is 0.350. The lowest BCUT2D eigenvalue weighted by atomic mass is 10.2. The van der Waals surface area contributed by atoms with E-state index in [1.54, 1.807) is 0 Å². The van der Waals surface area contributed by atoms with Gasteiger partial charge >= 0.3 is 0 Å². The molecule has 0 aliphatic carbocycles. The van der Waals surface area contributed by atoms with Crippen molar-refractivity contribution < 1.29 is 0 Å². The van der Waals surface area contributed by atoms with Gasteiger partial charge in [0.1, 0.15) is 5.82 Å². The smallest absolute Gasteiger partial charge is 0.229 e. The summed E-state index contributed by atoms with van der Waals surface area (Å²) in [5, 5.41) is 4.43. The number of para-hydroxylation sites is 1. The minimum absolute atomic E-state index is 0.630. The molecule has 0 unspecified atom stereocenters. The van der Waals surface area contributed by atoms with Crippen molar-refractivity contribution in [2.75, 3.05) is 23.3 Å². The van der Waals surface area contributed by atoms with Crippen LogP contribution < -0.4 is 10.2 Å².